The third kappa shape index (κ3) is 5.37. The Labute approximate surface area is 240 Å². The van der Waals surface area contributed by atoms with Gasteiger partial charge in [0.1, 0.15) is 18.7 Å². The van der Waals surface area contributed by atoms with Crippen LogP contribution in [0.1, 0.15) is 82.7 Å². The molecule has 204 valence electrons. The summed E-state index contributed by atoms with van der Waals surface area (Å²) in [6, 6.07) is 17.7. The molecular formula is C34H45BrN2O. The second-order valence-electron chi connectivity index (χ2n) is 13.8. The molecular weight excluding hydrogens is 532 g/mol. The average Bonchev–Trinajstić information content (AvgIpc) is 2.86. The van der Waals surface area contributed by atoms with E-state index in [1.54, 1.807) is 0 Å². The summed E-state index contributed by atoms with van der Waals surface area (Å²) < 4.78 is 0.933. The molecule has 2 aromatic carbocycles. The summed E-state index contributed by atoms with van der Waals surface area (Å²) in [5, 5.41) is 13.1. The third-order valence-corrected chi connectivity index (χ3v) is 9.26. The molecule has 3 nitrogen and oxygen atoms in total. The molecule has 38 heavy (non-hydrogen) atoms. The van der Waals surface area contributed by atoms with Crippen molar-refractivity contribution in [3.8, 4) is 0 Å². The molecule has 0 amide bonds. The number of rotatable bonds is 5. The fourth-order valence-corrected chi connectivity index (χ4v) is 6.98. The molecule has 1 N–H and O–H groups in total. The largest absolute Gasteiger partial charge is 1.00 e. The Morgan fingerprint density at radius 2 is 1.68 bits per heavy atom. The standard InChI is InChI=1S/C34H45N2O.BrH/c1-8-24-22-36(21-23-17-26(33(2,3)4)20-27(18-23)34(5,6)7)16-14-25(24)19-31(36)32(37)29-13-15-35-30-12-10-9-11-28(29)30;/h8-13,15,17-18,20,24-25,31-32,37H,1,14,16,19,21-22H2,2-7H3;1H/q+1;/p-1/t24-,25-,31+,32-,36?;/m0./s1. The van der Waals surface area contributed by atoms with E-state index >= 15 is 0 Å². The van der Waals surface area contributed by atoms with Crippen molar-refractivity contribution in [2.24, 2.45) is 11.8 Å². The van der Waals surface area contributed by atoms with Crippen LogP contribution in [0.15, 0.2) is 67.4 Å². The van der Waals surface area contributed by atoms with Gasteiger partial charge in [0.25, 0.3) is 0 Å². The SMILES string of the molecule is C=C[C@H]1C[N+]2(Cc3cc(C(C)(C)C)cc(C(C)(C)C)c3)CC[C@H]1C[C@@H]2[C@@H](O)c1ccnc2ccccc12.[Br-]. The molecule has 3 saturated heterocycles. The Bertz CT molecular complexity index is 1270. The van der Waals surface area contributed by atoms with Gasteiger partial charge in [-0.25, -0.2) is 0 Å². The number of hydrogen-bond donors (Lipinski definition) is 1. The second kappa shape index (κ2) is 10.5. The van der Waals surface area contributed by atoms with Crippen LogP contribution in [0.3, 0.4) is 0 Å². The number of halogens is 1. The van der Waals surface area contributed by atoms with E-state index in [4.69, 9.17) is 0 Å². The summed E-state index contributed by atoms with van der Waals surface area (Å²) in [7, 11) is 0. The van der Waals surface area contributed by atoms with Crippen molar-refractivity contribution < 1.29 is 26.6 Å². The Morgan fingerprint density at radius 1 is 1.03 bits per heavy atom. The van der Waals surface area contributed by atoms with E-state index in [0.29, 0.717) is 11.8 Å². The Balaban J connectivity index is 0.00000336. The number of aliphatic hydroxyl groups is 1. The second-order valence-corrected chi connectivity index (χ2v) is 13.8. The topological polar surface area (TPSA) is 33.1 Å². The highest BCUT2D eigenvalue weighted by Gasteiger charge is 2.54. The monoisotopic (exact) mass is 576 g/mol. The van der Waals surface area contributed by atoms with E-state index in [0.717, 1.165) is 47.0 Å². The number of hydrogen-bond acceptors (Lipinski definition) is 2. The number of quaternary nitrogens is 1. The van der Waals surface area contributed by atoms with Crippen LogP contribution in [-0.4, -0.2) is 33.7 Å². The molecule has 0 radical (unpaired) electrons. The predicted molar refractivity (Wildman–Crippen MR) is 154 cm³/mol. The van der Waals surface area contributed by atoms with Crippen molar-refractivity contribution in [3.05, 3.63) is 89.6 Å². The molecule has 1 unspecified atom stereocenters. The van der Waals surface area contributed by atoms with Crippen molar-refractivity contribution in [2.45, 2.75) is 83.9 Å². The zero-order valence-corrected chi connectivity index (χ0v) is 25.6. The molecule has 2 bridgehead atoms. The van der Waals surface area contributed by atoms with Crippen LogP contribution in [-0.2, 0) is 17.4 Å². The minimum Gasteiger partial charge on any atom is -1.00 e. The highest BCUT2D eigenvalue weighted by atomic mass is 79.9. The van der Waals surface area contributed by atoms with Gasteiger partial charge in [-0.1, -0.05) is 71.9 Å². The predicted octanol–water partition coefficient (Wildman–Crippen LogP) is 4.48. The number of para-hydroxylation sites is 1. The number of pyridine rings is 1. The third-order valence-electron chi connectivity index (χ3n) is 9.26. The summed E-state index contributed by atoms with van der Waals surface area (Å²) in [5.74, 6) is 1.12. The Morgan fingerprint density at radius 3 is 2.32 bits per heavy atom. The van der Waals surface area contributed by atoms with Crippen molar-refractivity contribution in [1.82, 2.24) is 4.98 Å². The molecule has 1 aromatic heterocycles. The molecule has 5 atom stereocenters. The lowest BCUT2D eigenvalue weighted by Gasteiger charge is -2.58. The smallest absolute Gasteiger partial charge is 0.131 e. The van der Waals surface area contributed by atoms with Crippen LogP contribution in [0.4, 0.5) is 0 Å². The van der Waals surface area contributed by atoms with Gasteiger partial charge in [0, 0.05) is 35.9 Å². The average molecular weight is 578 g/mol. The molecule has 4 heteroatoms. The molecule has 4 heterocycles. The molecule has 0 aliphatic carbocycles. The van der Waals surface area contributed by atoms with Crippen LogP contribution < -0.4 is 17.0 Å². The molecule has 3 aromatic rings. The first kappa shape index (κ1) is 29.0. The fourth-order valence-electron chi connectivity index (χ4n) is 6.98. The summed E-state index contributed by atoms with van der Waals surface area (Å²) >= 11 is 0. The minimum atomic E-state index is -0.519. The number of piperidine rings is 3. The van der Waals surface area contributed by atoms with E-state index in [2.05, 4.69) is 89.5 Å². The van der Waals surface area contributed by atoms with Gasteiger partial charge in [0.15, 0.2) is 0 Å². The fraction of sp³-hybridized carbons (Fsp3) is 0.500. The van der Waals surface area contributed by atoms with Gasteiger partial charge in [0.05, 0.1) is 18.6 Å². The van der Waals surface area contributed by atoms with Crippen LogP contribution >= 0.6 is 0 Å². The maximum atomic E-state index is 12.1. The highest BCUT2D eigenvalue weighted by molar-refractivity contribution is 5.82. The molecule has 0 spiro atoms. The first-order chi connectivity index (χ1) is 17.4. The Hall–Kier alpha value is -2.01. The molecule has 3 aliphatic rings. The van der Waals surface area contributed by atoms with Gasteiger partial charge in [0.2, 0.25) is 0 Å². The number of fused-ring (bicyclic) bond motifs is 4. The van der Waals surface area contributed by atoms with Gasteiger partial charge in [-0.3, -0.25) is 4.98 Å². The lowest BCUT2D eigenvalue weighted by atomic mass is 9.71. The number of benzene rings is 2. The zero-order valence-electron chi connectivity index (χ0n) is 24.0. The van der Waals surface area contributed by atoms with Gasteiger partial charge in [-0.2, -0.15) is 0 Å². The number of nitrogens with zero attached hydrogens (tertiary/aromatic N) is 2. The summed E-state index contributed by atoms with van der Waals surface area (Å²) in [6.07, 6.45) is 5.78. The summed E-state index contributed by atoms with van der Waals surface area (Å²) in [4.78, 5) is 4.56. The number of aliphatic hydroxyl groups excluding tert-OH is 1. The van der Waals surface area contributed by atoms with Crippen LogP contribution in [0.2, 0.25) is 0 Å². The summed E-state index contributed by atoms with van der Waals surface area (Å²) in [6.45, 7) is 21.2. The van der Waals surface area contributed by atoms with E-state index in [9.17, 15) is 5.11 Å². The van der Waals surface area contributed by atoms with Crippen molar-refractivity contribution >= 4 is 10.9 Å². The first-order valence-corrected chi connectivity index (χ1v) is 14.1. The molecule has 3 aliphatic heterocycles. The molecule has 6 rings (SSSR count). The van der Waals surface area contributed by atoms with Crippen LogP contribution in [0.25, 0.3) is 10.9 Å². The summed E-state index contributed by atoms with van der Waals surface area (Å²) in [5.41, 5.74) is 6.35. The Kier molecular flexibility index (Phi) is 8.02. The maximum Gasteiger partial charge on any atom is 0.131 e. The lowest BCUT2D eigenvalue weighted by molar-refractivity contribution is -0.984. The van der Waals surface area contributed by atoms with E-state index in [1.165, 1.54) is 23.1 Å². The minimum absolute atomic E-state index is 0. The first-order valence-electron chi connectivity index (χ1n) is 14.1. The molecule has 0 saturated carbocycles. The maximum absolute atomic E-state index is 12.1. The van der Waals surface area contributed by atoms with Crippen molar-refractivity contribution in [1.29, 1.82) is 0 Å². The van der Waals surface area contributed by atoms with Gasteiger partial charge in [-0.05, 0) is 57.7 Å². The molecule has 3 fully saturated rings. The van der Waals surface area contributed by atoms with Crippen LogP contribution in [0.5, 0.6) is 0 Å². The van der Waals surface area contributed by atoms with E-state index in [-0.39, 0.29) is 33.9 Å². The van der Waals surface area contributed by atoms with E-state index < -0.39 is 6.10 Å². The van der Waals surface area contributed by atoms with E-state index in [1.807, 2.05) is 24.4 Å². The highest BCUT2D eigenvalue weighted by Crippen LogP contribution is 2.48. The van der Waals surface area contributed by atoms with Crippen molar-refractivity contribution in [2.75, 3.05) is 13.1 Å². The van der Waals surface area contributed by atoms with Gasteiger partial charge >= 0.3 is 0 Å². The van der Waals surface area contributed by atoms with Gasteiger partial charge < -0.3 is 26.6 Å². The van der Waals surface area contributed by atoms with Crippen molar-refractivity contribution in [3.63, 3.8) is 0 Å². The van der Waals surface area contributed by atoms with Gasteiger partial charge in [-0.15, -0.1) is 6.58 Å². The van der Waals surface area contributed by atoms with Crippen LogP contribution in [0, 0.1) is 11.8 Å². The number of aromatic nitrogens is 1. The normalized spacial score (nSPS) is 26.1. The zero-order chi connectivity index (χ0) is 26.6. The quantitative estimate of drug-likeness (QED) is 0.359. The lowest BCUT2D eigenvalue weighted by Crippen LogP contribution is -3.00.